The average molecular weight is 280 g/mol. The SMILES string of the molecule is NC1C(=O)N(CC2CCCCC2)c2cc(F)cc(F)c21. The standard InChI is InChI=1S/C15H18F2N2O/c16-10-6-11(17)13-12(7-10)19(15(20)14(13)18)8-9-4-2-1-3-5-9/h6-7,9,14H,1-5,8,18H2. The fourth-order valence-corrected chi connectivity index (χ4v) is 3.33. The summed E-state index contributed by atoms with van der Waals surface area (Å²) in [5.41, 5.74) is 6.23. The third kappa shape index (κ3) is 2.20. The Hall–Kier alpha value is -1.49. The summed E-state index contributed by atoms with van der Waals surface area (Å²) >= 11 is 0. The minimum absolute atomic E-state index is 0.132. The minimum atomic E-state index is -1.01. The number of halogens is 2. The fourth-order valence-electron chi connectivity index (χ4n) is 3.33. The number of nitrogens with zero attached hydrogens (tertiary/aromatic N) is 1. The third-order valence-electron chi connectivity index (χ3n) is 4.37. The van der Waals surface area contributed by atoms with Crippen molar-refractivity contribution in [1.82, 2.24) is 0 Å². The summed E-state index contributed by atoms with van der Waals surface area (Å²) in [4.78, 5) is 13.7. The maximum Gasteiger partial charge on any atom is 0.248 e. The van der Waals surface area contributed by atoms with Crippen molar-refractivity contribution in [3.05, 3.63) is 29.3 Å². The number of carbonyl (C=O) groups excluding carboxylic acids is 1. The second kappa shape index (κ2) is 5.13. The van der Waals surface area contributed by atoms with Gasteiger partial charge in [0.25, 0.3) is 0 Å². The van der Waals surface area contributed by atoms with Gasteiger partial charge in [0.15, 0.2) is 0 Å². The Bertz CT molecular complexity index is 541. The van der Waals surface area contributed by atoms with Crippen molar-refractivity contribution in [3.63, 3.8) is 0 Å². The smallest absolute Gasteiger partial charge is 0.248 e. The average Bonchev–Trinajstić information content (AvgIpc) is 2.65. The molecule has 0 radical (unpaired) electrons. The van der Waals surface area contributed by atoms with Crippen molar-refractivity contribution in [3.8, 4) is 0 Å². The number of amides is 1. The van der Waals surface area contributed by atoms with E-state index in [4.69, 9.17) is 5.73 Å². The molecule has 3 nitrogen and oxygen atoms in total. The van der Waals surface area contributed by atoms with Gasteiger partial charge in [-0.15, -0.1) is 0 Å². The molecule has 1 saturated carbocycles. The van der Waals surface area contributed by atoms with E-state index < -0.39 is 17.7 Å². The number of rotatable bonds is 2. The van der Waals surface area contributed by atoms with Crippen LogP contribution in [0.25, 0.3) is 0 Å². The zero-order valence-corrected chi connectivity index (χ0v) is 11.2. The summed E-state index contributed by atoms with van der Waals surface area (Å²) in [6.07, 6.45) is 5.66. The molecule has 1 aromatic rings. The first-order valence-electron chi connectivity index (χ1n) is 7.14. The highest BCUT2D eigenvalue weighted by atomic mass is 19.1. The van der Waals surface area contributed by atoms with Gasteiger partial charge in [-0.05, 0) is 24.8 Å². The zero-order chi connectivity index (χ0) is 14.3. The van der Waals surface area contributed by atoms with Gasteiger partial charge in [0.05, 0.1) is 5.69 Å². The summed E-state index contributed by atoms with van der Waals surface area (Å²) in [5.74, 6) is -1.32. The maximum atomic E-state index is 13.8. The minimum Gasteiger partial charge on any atom is -0.316 e. The molecule has 0 aromatic heterocycles. The molecule has 1 unspecified atom stereocenters. The summed E-state index contributed by atoms with van der Waals surface area (Å²) in [7, 11) is 0. The van der Waals surface area contributed by atoms with E-state index in [2.05, 4.69) is 0 Å². The lowest BCUT2D eigenvalue weighted by molar-refractivity contribution is -0.119. The van der Waals surface area contributed by atoms with E-state index in [0.29, 0.717) is 18.2 Å². The second-order valence-corrected chi connectivity index (χ2v) is 5.75. The third-order valence-corrected chi connectivity index (χ3v) is 4.37. The normalized spacial score (nSPS) is 23.2. The van der Waals surface area contributed by atoms with Crippen LogP contribution in [-0.2, 0) is 4.79 Å². The first-order chi connectivity index (χ1) is 9.58. The van der Waals surface area contributed by atoms with E-state index in [9.17, 15) is 13.6 Å². The molecule has 1 amide bonds. The molecule has 0 saturated heterocycles. The van der Waals surface area contributed by atoms with Crippen LogP contribution in [0.15, 0.2) is 12.1 Å². The highest BCUT2D eigenvalue weighted by molar-refractivity contribution is 6.04. The van der Waals surface area contributed by atoms with Crippen LogP contribution in [0.3, 0.4) is 0 Å². The van der Waals surface area contributed by atoms with Crippen LogP contribution in [0.4, 0.5) is 14.5 Å². The van der Waals surface area contributed by atoms with E-state index in [1.807, 2.05) is 0 Å². The van der Waals surface area contributed by atoms with Crippen molar-refractivity contribution in [2.45, 2.75) is 38.1 Å². The molecule has 1 aromatic carbocycles. The summed E-state index contributed by atoms with van der Waals surface area (Å²) in [5, 5.41) is 0. The number of benzene rings is 1. The van der Waals surface area contributed by atoms with Crippen LogP contribution in [0.1, 0.15) is 43.7 Å². The molecule has 108 valence electrons. The molecule has 2 N–H and O–H groups in total. The lowest BCUT2D eigenvalue weighted by Crippen LogP contribution is -2.36. The number of fused-ring (bicyclic) bond motifs is 1. The van der Waals surface area contributed by atoms with E-state index in [1.165, 1.54) is 17.4 Å². The van der Waals surface area contributed by atoms with Gasteiger partial charge in [0.2, 0.25) is 5.91 Å². The molecule has 1 heterocycles. The summed E-state index contributed by atoms with van der Waals surface area (Å²) in [6, 6.07) is 0.997. The molecule has 1 fully saturated rings. The molecule has 2 aliphatic rings. The van der Waals surface area contributed by atoms with Crippen LogP contribution >= 0.6 is 0 Å². The number of hydrogen-bond donors (Lipinski definition) is 1. The van der Waals surface area contributed by atoms with Gasteiger partial charge >= 0.3 is 0 Å². The lowest BCUT2D eigenvalue weighted by Gasteiger charge is -2.27. The van der Waals surface area contributed by atoms with E-state index in [-0.39, 0.29) is 11.5 Å². The molecule has 1 aliphatic heterocycles. The van der Waals surface area contributed by atoms with Crippen LogP contribution in [0, 0.1) is 17.6 Å². The molecule has 1 atom stereocenters. The van der Waals surface area contributed by atoms with E-state index >= 15 is 0 Å². The van der Waals surface area contributed by atoms with Crippen LogP contribution < -0.4 is 10.6 Å². The zero-order valence-electron chi connectivity index (χ0n) is 11.2. The number of anilines is 1. The highest BCUT2D eigenvalue weighted by Crippen LogP contribution is 2.38. The monoisotopic (exact) mass is 280 g/mol. The molecule has 3 rings (SSSR count). The van der Waals surface area contributed by atoms with Gasteiger partial charge in [0.1, 0.15) is 17.7 Å². The molecular weight excluding hydrogens is 262 g/mol. The molecule has 20 heavy (non-hydrogen) atoms. The van der Waals surface area contributed by atoms with Gasteiger partial charge in [-0.2, -0.15) is 0 Å². The molecular formula is C15H18F2N2O. The Balaban J connectivity index is 1.91. The van der Waals surface area contributed by atoms with Crippen molar-refractivity contribution in [2.75, 3.05) is 11.4 Å². The second-order valence-electron chi connectivity index (χ2n) is 5.75. The Morgan fingerprint density at radius 1 is 1.20 bits per heavy atom. The number of carbonyl (C=O) groups is 1. The molecule has 5 heteroatoms. The molecule has 0 spiro atoms. The van der Waals surface area contributed by atoms with Gasteiger partial charge in [-0.25, -0.2) is 8.78 Å². The van der Waals surface area contributed by atoms with Crippen LogP contribution in [0.5, 0.6) is 0 Å². The number of nitrogens with two attached hydrogens (primary N) is 1. The quantitative estimate of drug-likeness (QED) is 0.905. The first-order valence-corrected chi connectivity index (χ1v) is 7.14. The molecule has 0 bridgehead atoms. The van der Waals surface area contributed by atoms with Crippen molar-refractivity contribution >= 4 is 11.6 Å². The summed E-state index contributed by atoms with van der Waals surface area (Å²) in [6.45, 7) is 0.516. The van der Waals surface area contributed by atoms with Crippen molar-refractivity contribution in [2.24, 2.45) is 11.7 Å². The number of hydrogen-bond acceptors (Lipinski definition) is 2. The predicted octanol–water partition coefficient (Wildman–Crippen LogP) is 2.89. The lowest BCUT2D eigenvalue weighted by atomic mass is 9.89. The Morgan fingerprint density at radius 2 is 1.90 bits per heavy atom. The van der Waals surface area contributed by atoms with Gasteiger partial charge in [0, 0.05) is 18.2 Å². The first kappa shape index (κ1) is 13.5. The van der Waals surface area contributed by atoms with Crippen LogP contribution in [-0.4, -0.2) is 12.5 Å². The highest BCUT2D eigenvalue weighted by Gasteiger charge is 2.38. The molecule has 1 aliphatic carbocycles. The van der Waals surface area contributed by atoms with Crippen molar-refractivity contribution < 1.29 is 13.6 Å². The fraction of sp³-hybridized carbons (Fsp3) is 0.533. The van der Waals surface area contributed by atoms with Gasteiger partial charge in [-0.1, -0.05) is 19.3 Å². The van der Waals surface area contributed by atoms with Gasteiger partial charge < -0.3 is 10.6 Å². The Kier molecular flexibility index (Phi) is 3.46. The Morgan fingerprint density at radius 3 is 2.60 bits per heavy atom. The Labute approximate surface area is 116 Å². The van der Waals surface area contributed by atoms with Gasteiger partial charge in [-0.3, -0.25) is 4.79 Å². The van der Waals surface area contributed by atoms with Crippen LogP contribution in [0.2, 0.25) is 0 Å². The largest absolute Gasteiger partial charge is 0.316 e. The van der Waals surface area contributed by atoms with Crippen molar-refractivity contribution in [1.29, 1.82) is 0 Å². The maximum absolute atomic E-state index is 13.8. The summed E-state index contributed by atoms with van der Waals surface area (Å²) < 4.78 is 27.2. The van der Waals surface area contributed by atoms with E-state index in [0.717, 1.165) is 31.7 Å². The predicted molar refractivity (Wildman–Crippen MR) is 72.2 cm³/mol. The van der Waals surface area contributed by atoms with E-state index in [1.54, 1.807) is 0 Å². The topological polar surface area (TPSA) is 46.3 Å².